The Labute approximate surface area is 175 Å². The van der Waals surface area contributed by atoms with Gasteiger partial charge in [-0.3, -0.25) is 14.9 Å². The number of urea groups is 1. The Morgan fingerprint density at radius 2 is 1.97 bits per heavy atom. The van der Waals surface area contributed by atoms with Gasteiger partial charge in [0, 0.05) is 19.6 Å². The average Bonchev–Trinajstić information content (AvgIpc) is 2.68. The van der Waals surface area contributed by atoms with E-state index in [9.17, 15) is 27.9 Å². The molecular weight excluding hydrogens is 412 g/mol. The van der Waals surface area contributed by atoms with Gasteiger partial charge in [0.25, 0.3) is 0 Å². The smallest absolute Gasteiger partial charge is 0.321 e. The minimum Gasteiger partial charge on any atom is -0.508 e. The van der Waals surface area contributed by atoms with Crippen molar-refractivity contribution in [3.05, 3.63) is 29.8 Å². The van der Waals surface area contributed by atoms with Crippen molar-refractivity contribution in [3.8, 4) is 5.75 Å². The zero-order valence-electron chi connectivity index (χ0n) is 16.6. The molecule has 0 aliphatic carbocycles. The molecule has 3 rings (SSSR count). The average molecular weight is 439 g/mol. The summed E-state index contributed by atoms with van der Waals surface area (Å²) in [6, 6.07) is 5.11. The fourth-order valence-corrected chi connectivity index (χ4v) is 5.81. The van der Waals surface area contributed by atoms with Crippen LogP contribution < -0.4 is 16.0 Å². The summed E-state index contributed by atoms with van der Waals surface area (Å²) >= 11 is 0. The van der Waals surface area contributed by atoms with Crippen molar-refractivity contribution in [2.24, 2.45) is 5.92 Å². The Morgan fingerprint density at radius 3 is 2.63 bits per heavy atom. The van der Waals surface area contributed by atoms with Gasteiger partial charge in [0.2, 0.25) is 21.8 Å². The monoisotopic (exact) mass is 438 g/mol. The molecule has 0 spiro atoms. The first kappa shape index (κ1) is 22.0. The van der Waals surface area contributed by atoms with E-state index in [0.29, 0.717) is 25.8 Å². The molecule has 3 atom stereocenters. The summed E-state index contributed by atoms with van der Waals surface area (Å²) in [6.45, 7) is 2.08. The number of amides is 4. The molecule has 1 aromatic carbocycles. The lowest BCUT2D eigenvalue weighted by Gasteiger charge is -2.36. The van der Waals surface area contributed by atoms with Crippen molar-refractivity contribution in [3.63, 3.8) is 0 Å². The van der Waals surface area contributed by atoms with Crippen LogP contribution in [0.4, 0.5) is 4.79 Å². The largest absolute Gasteiger partial charge is 0.508 e. The molecule has 0 aromatic heterocycles. The van der Waals surface area contributed by atoms with Gasteiger partial charge in [-0.15, -0.1) is 0 Å². The van der Waals surface area contributed by atoms with Crippen LogP contribution in [0.15, 0.2) is 24.3 Å². The quantitative estimate of drug-likeness (QED) is 0.479. The van der Waals surface area contributed by atoms with E-state index in [1.54, 1.807) is 24.3 Å². The van der Waals surface area contributed by atoms with Gasteiger partial charge in [0.15, 0.2) is 5.25 Å². The van der Waals surface area contributed by atoms with Crippen LogP contribution in [0.1, 0.15) is 25.3 Å². The number of phenolic OH excluding ortho intramolecular Hbond substituents is 1. The van der Waals surface area contributed by atoms with E-state index in [1.807, 2.05) is 5.32 Å². The third-order valence-electron chi connectivity index (χ3n) is 5.39. The van der Waals surface area contributed by atoms with Crippen LogP contribution in [0.2, 0.25) is 0 Å². The van der Waals surface area contributed by atoms with Gasteiger partial charge >= 0.3 is 6.03 Å². The molecule has 11 heteroatoms. The maximum absolute atomic E-state index is 13.0. The molecule has 0 saturated carbocycles. The molecule has 0 radical (unpaired) electrons. The van der Waals surface area contributed by atoms with Crippen LogP contribution in [0, 0.1) is 5.92 Å². The van der Waals surface area contributed by atoms with Gasteiger partial charge in [0.1, 0.15) is 5.75 Å². The number of hydrogen-bond donors (Lipinski definition) is 4. The summed E-state index contributed by atoms with van der Waals surface area (Å²) in [5.41, 5.74) is 0.959. The van der Waals surface area contributed by atoms with Crippen LogP contribution in [-0.2, 0) is 26.0 Å². The number of imide groups is 1. The Morgan fingerprint density at radius 1 is 1.27 bits per heavy atom. The number of sulfonamides is 1. The summed E-state index contributed by atoms with van der Waals surface area (Å²) in [4.78, 5) is 36.1. The van der Waals surface area contributed by atoms with E-state index in [4.69, 9.17) is 0 Å². The molecule has 30 heavy (non-hydrogen) atoms. The number of aromatic hydroxyl groups is 1. The third-order valence-corrected chi connectivity index (χ3v) is 7.71. The van der Waals surface area contributed by atoms with Gasteiger partial charge in [-0.1, -0.05) is 12.1 Å². The minimum absolute atomic E-state index is 0.00216. The number of piperidine rings is 1. The van der Waals surface area contributed by atoms with Crippen LogP contribution in [-0.4, -0.2) is 66.6 Å². The fraction of sp³-hybridized carbons (Fsp3) is 0.526. The second kappa shape index (κ2) is 9.00. The van der Waals surface area contributed by atoms with Gasteiger partial charge in [-0.25, -0.2) is 17.5 Å². The van der Waals surface area contributed by atoms with E-state index < -0.39 is 39.2 Å². The van der Waals surface area contributed by atoms with Crippen LogP contribution >= 0.6 is 0 Å². The molecule has 4 N–H and O–H groups in total. The first-order valence-electron chi connectivity index (χ1n) is 9.84. The highest BCUT2D eigenvalue weighted by Gasteiger charge is 2.46. The summed E-state index contributed by atoms with van der Waals surface area (Å²) in [6.07, 6.45) is 1.64. The highest BCUT2D eigenvalue weighted by molar-refractivity contribution is 7.90. The summed E-state index contributed by atoms with van der Waals surface area (Å²) in [5, 5.41) is 15.1. The molecule has 2 heterocycles. The zero-order chi connectivity index (χ0) is 21.9. The number of carbonyl (C=O) groups is 3. The van der Waals surface area contributed by atoms with Crippen molar-refractivity contribution in [1.29, 1.82) is 0 Å². The first-order valence-corrected chi connectivity index (χ1v) is 11.3. The lowest BCUT2D eigenvalue weighted by molar-refractivity contribution is -0.126. The number of benzene rings is 1. The van der Waals surface area contributed by atoms with Crippen molar-refractivity contribution in [1.82, 2.24) is 20.3 Å². The zero-order valence-corrected chi connectivity index (χ0v) is 17.4. The van der Waals surface area contributed by atoms with Gasteiger partial charge in [-0.2, -0.15) is 0 Å². The predicted molar refractivity (Wildman–Crippen MR) is 108 cm³/mol. The molecular formula is C19H26N4O6S. The Bertz CT molecular complexity index is 917. The molecule has 3 unspecified atom stereocenters. The molecule has 1 aromatic rings. The molecule has 10 nitrogen and oxygen atoms in total. The van der Waals surface area contributed by atoms with Crippen LogP contribution in [0.25, 0.3) is 0 Å². The molecule has 2 saturated heterocycles. The maximum atomic E-state index is 13.0. The maximum Gasteiger partial charge on any atom is 0.321 e. The second-order valence-electron chi connectivity index (χ2n) is 7.62. The number of nitrogens with zero attached hydrogens (tertiary/aromatic N) is 1. The van der Waals surface area contributed by atoms with Crippen molar-refractivity contribution < 1.29 is 27.9 Å². The third kappa shape index (κ3) is 4.90. The number of nitrogens with one attached hydrogen (secondary N) is 3. The molecule has 2 aliphatic heterocycles. The van der Waals surface area contributed by atoms with Crippen LogP contribution in [0.5, 0.6) is 5.75 Å². The highest BCUT2D eigenvalue weighted by atomic mass is 32.2. The van der Waals surface area contributed by atoms with E-state index in [-0.39, 0.29) is 24.7 Å². The molecule has 2 fully saturated rings. The topological polar surface area (TPSA) is 145 Å². The van der Waals surface area contributed by atoms with Gasteiger partial charge < -0.3 is 15.7 Å². The van der Waals surface area contributed by atoms with E-state index in [1.165, 1.54) is 11.2 Å². The van der Waals surface area contributed by atoms with Crippen molar-refractivity contribution in [2.45, 2.75) is 37.5 Å². The molecule has 164 valence electrons. The van der Waals surface area contributed by atoms with Crippen LogP contribution in [0.3, 0.4) is 0 Å². The van der Waals surface area contributed by atoms with Gasteiger partial charge in [0.05, 0.1) is 12.0 Å². The number of carbonyl (C=O) groups excluding carboxylic acids is 3. The highest BCUT2D eigenvalue weighted by Crippen LogP contribution is 2.24. The van der Waals surface area contributed by atoms with E-state index in [2.05, 4.69) is 10.6 Å². The van der Waals surface area contributed by atoms with Crippen molar-refractivity contribution >= 4 is 27.9 Å². The SMILES string of the molecule is CC1NC(=O)NC(=O)C1S(=O)(=O)N1CCCC(C(=O)NCCc2ccc(O)cc2)C1. The normalized spacial score (nSPS) is 25.3. The second-order valence-corrected chi connectivity index (χ2v) is 9.68. The molecule has 4 amide bonds. The van der Waals surface area contributed by atoms with E-state index >= 15 is 0 Å². The lowest BCUT2D eigenvalue weighted by atomic mass is 9.99. The standard InChI is InChI=1S/C19H26N4O6S/c1-12-16(18(26)22-19(27)21-12)30(28,29)23-10-2-3-14(11-23)17(25)20-9-8-13-4-6-15(24)7-5-13/h4-7,12,14,16,24H,2-3,8-11H2,1H3,(H,20,25)(H2,21,22,26,27). The summed E-state index contributed by atoms with van der Waals surface area (Å²) in [7, 11) is -4.04. The Hall–Kier alpha value is -2.66. The molecule has 0 bridgehead atoms. The number of hydrogen-bond acceptors (Lipinski definition) is 6. The predicted octanol–water partition coefficient (Wildman–Crippen LogP) is -0.311. The minimum atomic E-state index is -4.04. The van der Waals surface area contributed by atoms with Crippen molar-refractivity contribution in [2.75, 3.05) is 19.6 Å². The van der Waals surface area contributed by atoms with Gasteiger partial charge in [-0.05, 0) is 43.9 Å². The lowest BCUT2D eigenvalue weighted by Crippen LogP contribution is -2.65. The Kier molecular flexibility index (Phi) is 6.61. The number of phenols is 1. The number of rotatable bonds is 6. The van der Waals surface area contributed by atoms with E-state index in [0.717, 1.165) is 5.56 Å². The first-order chi connectivity index (χ1) is 14.2. The molecule has 2 aliphatic rings. The summed E-state index contributed by atoms with van der Waals surface area (Å²) in [5.74, 6) is -1.42. The summed E-state index contributed by atoms with van der Waals surface area (Å²) < 4.78 is 27.2. The Balaban J connectivity index is 1.58. The fourth-order valence-electron chi connectivity index (χ4n) is 3.81.